The number of amides is 1. The van der Waals surface area contributed by atoms with Gasteiger partial charge in [0.2, 0.25) is 5.91 Å². The lowest BCUT2D eigenvalue weighted by molar-refractivity contribution is -0.145. The summed E-state index contributed by atoms with van der Waals surface area (Å²) in [6, 6.07) is 9.33. The molecule has 4 atom stereocenters. The first-order valence-electron chi connectivity index (χ1n) is 7.62. The Hall–Kier alpha value is -2.67. The van der Waals surface area contributed by atoms with E-state index < -0.39 is 35.2 Å². The molecule has 1 aromatic rings. The molecule has 0 saturated heterocycles. The molecule has 2 unspecified atom stereocenters. The van der Waals surface area contributed by atoms with Crippen LogP contribution in [0.4, 0.5) is 0 Å². The molecule has 5 N–H and O–H groups in total. The number of benzene rings is 1. The Labute approximate surface area is 138 Å². The molecule has 2 aliphatic rings. The summed E-state index contributed by atoms with van der Waals surface area (Å²) in [6.45, 7) is 0.340. The first-order chi connectivity index (χ1) is 11.3. The maximum absolute atomic E-state index is 12.1. The summed E-state index contributed by atoms with van der Waals surface area (Å²) in [5, 5.41) is 21.2. The third kappa shape index (κ3) is 2.67. The Bertz CT molecular complexity index is 730. The molecular formula is C17H18N2O5. The topological polar surface area (TPSA) is 130 Å². The highest BCUT2D eigenvalue weighted by atomic mass is 16.4. The van der Waals surface area contributed by atoms with Crippen molar-refractivity contribution in [2.24, 2.45) is 23.5 Å². The lowest BCUT2D eigenvalue weighted by Gasteiger charge is -2.21. The molecule has 0 radical (unpaired) electrons. The van der Waals surface area contributed by atoms with E-state index in [0.717, 1.165) is 5.56 Å². The summed E-state index contributed by atoms with van der Waals surface area (Å²) in [5.41, 5.74) is 5.73. The van der Waals surface area contributed by atoms with Crippen molar-refractivity contribution < 1.29 is 24.6 Å². The van der Waals surface area contributed by atoms with Crippen molar-refractivity contribution in [2.45, 2.75) is 18.5 Å². The molecule has 3 rings (SSSR count). The van der Waals surface area contributed by atoms with Crippen molar-refractivity contribution in [3.8, 4) is 0 Å². The number of carbonyl (C=O) groups is 3. The van der Waals surface area contributed by atoms with Gasteiger partial charge in [-0.25, -0.2) is 0 Å². The molecule has 1 amide bonds. The van der Waals surface area contributed by atoms with Gasteiger partial charge in [-0.15, -0.1) is 0 Å². The van der Waals surface area contributed by atoms with Gasteiger partial charge in [0, 0.05) is 24.5 Å². The van der Waals surface area contributed by atoms with Gasteiger partial charge in [0.15, 0.2) is 0 Å². The Kier molecular flexibility index (Phi) is 3.88. The fourth-order valence-corrected chi connectivity index (χ4v) is 3.66. The summed E-state index contributed by atoms with van der Waals surface area (Å²) in [5.74, 6) is -4.62. The Morgan fingerprint density at radius 1 is 1.25 bits per heavy atom. The molecule has 0 aliphatic heterocycles. The van der Waals surface area contributed by atoms with E-state index in [1.165, 1.54) is 6.08 Å². The lowest BCUT2D eigenvalue weighted by Crippen LogP contribution is -2.49. The van der Waals surface area contributed by atoms with E-state index in [-0.39, 0.29) is 12.3 Å². The third-order valence-electron chi connectivity index (χ3n) is 4.85. The monoisotopic (exact) mass is 330 g/mol. The van der Waals surface area contributed by atoms with Crippen molar-refractivity contribution in [1.82, 2.24) is 5.32 Å². The van der Waals surface area contributed by atoms with Gasteiger partial charge in [-0.1, -0.05) is 35.9 Å². The van der Waals surface area contributed by atoms with Crippen LogP contribution in [0.2, 0.25) is 0 Å². The minimum Gasteiger partial charge on any atom is -0.481 e. The molecule has 2 aliphatic carbocycles. The van der Waals surface area contributed by atoms with E-state index in [9.17, 15) is 24.6 Å². The summed E-state index contributed by atoms with van der Waals surface area (Å²) in [4.78, 5) is 34.7. The van der Waals surface area contributed by atoms with Crippen molar-refractivity contribution >= 4 is 17.8 Å². The molecule has 7 heteroatoms. The number of hydrogen-bond donors (Lipinski definition) is 4. The summed E-state index contributed by atoms with van der Waals surface area (Å²) < 4.78 is 0. The van der Waals surface area contributed by atoms with Crippen LogP contribution in [-0.2, 0) is 20.9 Å². The van der Waals surface area contributed by atoms with Crippen LogP contribution in [0.5, 0.6) is 0 Å². The average molecular weight is 330 g/mol. The minimum atomic E-state index is -1.61. The number of carboxylic acid groups (broad SMARTS) is 2. The van der Waals surface area contributed by atoms with Crippen LogP contribution < -0.4 is 11.1 Å². The second-order valence-corrected chi connectivity index (χ2v) is 6.36. The van der Waals surface area contributed by atoms with Crippen LogP contribution in [0.25, 0.3) is 0 Å². The fraction of sp³-hybridized carbons (Fsp3) is 0.353. The molecule has 126 valence electrons. The van der Waals surface area contributed by atoms with E-state index in [4.69, 9.17) is 5.73 Å². The van der Waals surface area contributed by atoms with Gasteiger partial charge in [-0.05, 0) is 12.0 Å². The normalized spacial score (nSPS) is 32.2. The SMILES string of the molecule is N[C@@]1(C(=O)O)C/C(=C\C(=O)NCc2ccccc2)C2C1[C@H]2C(=O)O. The largest absolute Gasteiger partial charge is 0.481 e. The van der Waals surface area contributed by atoms with Gasteiger partial charge < -0.3 is 21.3 Å². The van der Waals surface area contributed by atoms with Crippen LogP contribution in [0.1, 0.15) is 12.0 Å². The highest BCUT2D eigenvalue weighted by Gasteiger charge is 2.72. The van der Waals surface area contributed by atoms with Crippen molar-refractivity contribution in [3.63, 3.8) is 0 Å². The molecule has 0 aromatic heterocycles. The number of carboxylic acids is 2. The van der Waals surface area contributed by atoms with Crippen molar-refractivity contribution in [2.75, 3.05) is 0 Å². The molecule has 0 heterocycles. The second-order valence-electron chi connectivity index (χ2n) is 6.36. The number of hydrogen-bond acceptors (Lipinski definition) is 4. The smallest absolute Gasteiger partial charge is 0.324 e. The summed E-state index contributed by atoms with van der Waals surface area (Å²) >= 11 is 0. The quantitative estimate of drug-likeness (QED) is 0.577. The predicted molar refractivity (Wildman–Crippen MR) is 83.6 cm³/mol. The molecule has 2 saturated carbocycles. The summed E-state index contributed by atoms with van der Waals surface area (Å²) in [6.07, 6.45) is 1.31. The van der Waals surface area contributed by atoms with Crippen LogP contribution in [0.3, 0.4) is 0 Å². The van der Waals surface area contributed by atoms with Gasteiger partial charge in [-0.2, -0.15) is 0 Å². The highest BCUT2D eigenvalue weighted by Crippen LogP contribution is 2.64. The Balaban J connectivity index is 1.72. The first-order valence-corrected chi connectivity index (χ1v) is 7.62. The van der Waals surface area contributed by atoms with Gasteiger partial charge >= 0.3 is 11.9 Å². The molecule has 7 nitrogen and oxygen atoms in total. The van der Waals surface area contributed by atoms with Crippen LogP contribution in [0.15, 0.2) is 42.0 Å². The average Bonchev–Trinajstić information content (AvgIpc) is 3.23. The number of nitrogens with two attached hydrogens (primary N) is 1. The number of rotatable bonds is 5. The van der Waals surface area contributed by atoms with E-state index >= 15 is 0 Å². The fourth-order valence-electron chi connectivity index (χ4n) is 3.66. The van der Waals surface area contributed by atoms with Crippen LogP contribution in [-0.4, -0.2) is 33.6 Å². The van der Waals surface area contributed by atoms with E-state index in [1.54, 1.807) is 0 Å². The Morgan fingerprint density at radius 2 is 1.92 bits per heavy atom. The van der Waals surface area contributed by atoms with Gasteiger partial charge in [0.05, 0.1) is 5.92 Å². The predicted octanol–water partition coefficient (Wildman–Crippen LogP) is 0.362. The number of nitrogens with one attached hydrogen (secondary N) is 1. The lowest BCUT2D eigenvalue weighted by atomic mass is 9.90. The van der Waals surface area contributed by atoms with Gasteiger partial charge in [-0.3, -0.25) is 14.4 Å². The van der Waals surface area contributed by atoms with E-state index in [2.05, 4.69) is 5.32 Å². The van der Waals surface area contributed by atoms with E-state index in [0.29, 0.717) is 12.1 Å². The summed E-state index contributed by atoms with van der Waals surface area (Å²) in [7, 11) is 0. The zero-order valence-electron chi connectivity index (χ0n) is 12.8. The Morgan fingerprint density at radius 3 is 2.50 bits per heavy atom. The van der Waals surface area contributed by atoms with Crippen LogP contribution in [0, 0.1) is 17.8 Å². The van der Waals surface area contributed by atoms with Crippen LogP contribution >= 0.6 is 0 Å². The standard InChI is InChI=1S/C17H18N2O5/c18-17(16(23)24)7-10(12-13(14(12)17)15(21)22)6-11(20)19-8-9-4-2-1-3-5-9/h1-6,12-14H,7-8,18H2,(H,19,20)(H,21,22)(H,23,24)/b10-6+/t12?,13-,14?,17-/m0/s1. The molecule has 24 heavy (non-hydrogen) atoms. The van der Waals surface area contributed by atoms with E-state index in [1.807, 2.05) is 30.3 Å². The number of carbonyl (C=O) groups excluding carboxylic acids is 1. The molecule has 2 fully saturated rings. The molecule has 0 bridgehead atoms. The zero-order chi connectivity index (χ0) is 17.5. The first kappa shape index (κ1) is 16.2. The zero-order valence-corrected chi connectivity index (χ0v) is 12.8. The van der Waals surface area contributed by atoms with Crippen molar-refractivity contribution in [1.29, 1.82) is 0 Å². The van der Waals surface area contributed by atoms with Crippen molar-refractivity contribution in [3.05, 3.63) is 47.5 Å². The maximum Gasteiger partial charge on any atom is 0.324 e. The molecular weight excluding hydrogens is 312 g/mol. The second kappa shape index (κ2) is 5.76. The number of fused-ring (bicyclic) bond motifs is 1. The maximum atomic E-state index is 12.1. The number of aliphatic carboxylic acids is 2. The molecule has 1 aromatic carbocycles. The molecule has 0 spiro atoms. The van der Waals surface area contributed by atoms with Gasteiger partial charge in [0.25, 0.3) is 0 Å². The minimum absolute atomic E-state index is 0.000202. The highest BCUT2D eigenvalue weighted by molar-refractivity contribution is 5.92. The van der Waals surface area contributed by atoms with Gasteiger partial charge in [0.1, 0.15) is 5.54 Å². The third-order valence-corrected chi connectivity index (χ3v) is 4.85.